The summed E-state index contributed by atoms with van der Waals surface area (Å²) in [5.74, 6) is 0. The van der Waals surface area contributed by atoms with E-state index >= 15 is 0 Å². The van der Waals surface area contributed by atoms with Crippen LogP contribution in [-0.2, 0) is 54.8 Å². The van der Waals surface area contributed by atoms with E-state index < -0.39 is 24.6 Å². The van der Waals surface area contributed by atoms with Crippen molar-refractivity contribution in [2.75, 3.05) is 6.61 Å². The van der Waals surface area contributed by atoms with Crippen LogP contribution in [0.1, 0.15) is 22.3 Å². The summed E-state index contributed by atoms with van der Waals surface area (Å²) in [6, 6.07) is 40.6. The highest BCUT2D eigenvalue weighted by molar-refractivity contribution is 5.16. The zero-order chi connectivity index (χ0) is 27.7. The van der Waals surface area contributed by atoms with Gasteiger partial charge in [-0.3, -0.25) is 0 Å². The minimum absolute atomic E-state index is 0.249. The maximum Gasteiger partial charge on any atom is 0.187 e. The van der Waals surface area contributed by atoms with E-state index in [1.807, 2.05) is 72.8 Å². The van der Waals surface area contributed by atoms with E-state index in [-0.39, 0.29) is 12.2 Å². The van der Waals surface area contributed by atoms with Gasteiger partial charge >= 0.3 is 0 Å². The quantitative estimate of drug-likeness (QED) is 0.187. The van der Waals surface area contributed by atoms with Crippen LogP contribution in [0.3, 0.4) is 0 Å². The molecule has 0 aromatic heterocycles. The number of fused-ring (bicyclic) bond motifs is 1. The van der Waals surface area contributed by atoms with E-state index in [0.717, 1.165) is 22.3 Å². The van der Waals surface area contributed by atoms with E-state index in [2.05, 4.69) is 48.5 Å². The molecule has 0 unspecified atom stereocenters. The molecule has 41 heavy (non-hydrogen) atoms. The SMILES string of the molecule is c1ccc(COC[C@H]2O[C@@H]3O[C@@H]3[C@H](OCc3ccccc3)[C@@H](OCc3ccccc3)[C@@H]2OCc2ccccc2)cc1. The van der Waals surface area contributed by atoms with Gasteiger partial charge in [-0.05, 0) is 22.3 Å². The molecular weight excluding hydrogens is 516 g/mol. The Hall–Kier alpha value is -3.36. The van der Waals surface area contributed by atoms with Crippen LogP contribution in [0.4, 0.5) is 0 Å². The number of rotatable bonds is 13. The molecule has 2 aliphatic rings. The lowest BCUT2D eigenvalue weighted by Gasteiger charge is -2.35. The first-order chi connectivity index (χ1) is 20.3. The van der Waals surface area contributed by atoms with E-state index in [1.54, 1.807) is 0 Å². The highest BCUT2D eigenvalue weighted by atomic mass is 16.8. The van der Waals surface area contributed by atoms with Crippen LogP contribution in [0.15, 0.2) is 121 Å². The minimum atomic E-state index is -0.453. The molecule has 212 valence electrons. The summed E-state index contributed by atoms with van der Waals surface area (Å²) in [6.07, 6.45) is -2.35. The van der Waals surface area contributed by atoms with Crippen LogP contribution in [0.25, 0.3) is 0 Å². The van der Waals surface area contributed by atoms with Crippen molar-refractivity contribution in [1.82, 2.24) is 0 Å². The molecule has 6 rings (SSSR count). The van der Waals surface area contributed by atoms with Crippen LogP contribution in [0.5, 0.6) is 0 Å². The summed E-state index contributed by atoms with van der Waals surface area (Å²) in [7, 11) is 0. The first-order valence-corrected chi connectivity index (χ1v) is 14.2. The lowest BCUT2D eigenvalue weighted by molar-refractivity contribution is -0.200. The molecule has 2 saturated heterocycles. The fourth-order valence-corrected chi connectivity index (χ4v) is 5.17. The summed E-state index contributed by atoms with van der Waals surface area (Å²) in [5, 5.41) is 0. The number of benzene rings is 4. The number of epoxide rings is 1. The molecule has 0 N–H and O–H groups in total. The second-order valence-electron chi connectivity index (χ2n) is 10.4. The highest BCUT2D eigenvalue weighted by Gasteiger charge is 2.58. The van der Waals surface area contributed by atoms with Gasteiger partial charge in [0.05, 0.1) is 33.0 Å². The van der Waals surface area contributed by atoms with Crippen LogP contribution in [0, 0.1) is 0 Å². The van der Waals surface area contributed by atoms with E-state index in [4.69, 9.17) is 28.4 Å². The molecule has 0 aliphatic carbocycles. The average Bonchev–Trinajstić information content (AvgIpc) is 3.81. The molecule has 6 heteroatoms. The third-order valence-electron chi connectivity index (χ3n) is 7.38. The normalized spacial score (nSPS) is 25.3. The Morgan fingerprint density at radius 3 is 1.34 bits per heavy atom. The lowest BCUT2D eigenvalue weighted by Crippen LogP contribution is -2.50. The summed E-state index contributed by atoms with van der Waals surface area (Å²) in [6.45, 7) is 2.07. The molecular formula is C35H36O6. The van der Waals surface area contributed by atoms with Crippen molar-refractivity contribution >= 4 is 0 Å². The second kappa shape index (κ2) is 14.0. The molecule has 0 amide bonds. The van der Waals surface area contributed by atoms with Gasteiger partial charge in [-0.1, -0.05) is 121 Å². The summed E-state index contributed by atoms with van der Waals surface area (Å²) >= 11 is 0. The van der Waals surface area contributed by atoms with Crippen molar-refractivity contribution in [3.63, 3.8) is 0 Å². The summed E-state index contributed by atoms with van der Waals surface area (Å²) < 4.78 is 38.5. The third kappa shape index (κ3) is 7.68. The van der Waals surface area contributed by atoms with Gasteiger partial charge in [0.15, 0.2) is 6.29 Å². The lowest BCUT2D eigenvalue weighted by atomic mass is 10.0. The zero-order valence-electron chi connectivity index (χ0n) is 23.0. The fraction of sp³-hybridized carbons (Fsp3) is 0.314. The second-order valence-corrected chi connectivity index (χ2v) is 10.4. The van der Waals surface area contributed by atoms with E-state index in [9.17, 15) is 0 Å². The van der Waals surface area contributed by atoms with Crippen LogP contribution < -0.4 is 0 Å². The Balaban J connectivity index is 1.25. The first kappa shape index (κ1) is 27.8. The maximum atomic E-state index is 6.68. The summed E-state index contributed by atoms with van der Waals surface area (Å²) in [4.78, 5) is 0. The molecule has 6 atom stereocenters. The van der Waals surface area contributed by atoms with Crippen LogP contribution in [-0.4, -0.2) is 43.4 Å². The van der Waals surface area contributed by atoms with Crippen LogP contribution in [0.2, 0.25) is 0 Å². The fourth-order valence-electron chi connectivity index (χ4n) is 5.17. The van der Waals surface area contributed by atoms with E-state index in [0.29, 0.717) is 33.0 Å². The zero-order valence-corrected chi connectivity index (χ0v) is 23.0. The van der Waals surface area contributed by atoms with Crippen molar-refractivity contribution < 1.29 is 28.4 Å². The van der Waals surface area contributed by atoms with Crippen LogP contribution >= 0.6 is 0 Å². The average molecular weight is 553 g/mol. The van der Waals surface area contributed by atoms with Crippen molar-refractivity contribution in [2.45, 2.75) is 63.2 Å². The largest absolute Gasteiger partial charge is 0.374 e. The summed E-state index contributed by atoms with van der Waals surface area (Å²) in [5.41, 5.74) is 4.34. The molecule has 0 saturated carbocycles. The van der Waals surface area contributed by atoms with Gasteiger partial charge in [0, 0.05) is 0 Å². The molecule has 0 radical (unpaired) electrons. The topological polar surface area (TPSA) is 58.7 Å². The molecule has 2 heterocycles. The van der Waals surface area contributed by atoms with Crippen molar-refractivity contribution in [2.24, 2.45) is 0 Å². The standard InChI is InChI=1S/C35H36O6/c1-5-13-26(14-6-1)21-36-25-30-31(37-22-27-15-7-2-8-16-27)32(38-23-28-17-9-3-10-18-28)33(34-35(40-30)41-34)39-24-29-19-11-4-12-20-29/h1-20,30-35H,21-25H2/t30-,31-,32+,33-,34-,35-/m1/s1. The third-order valence-corrected chi connectivity index (χ3v) is 7.38. The van der Waals surface area contributed by atoms with Gasteiger partial charge in [0.25, 0.3) is 0 Å². The monoisotopic (exact) mass is 552 g/mol. The minimum Gasteiger partial charge on any atom is -0.374 e. The van der Waals surface area contributed by atoms with Gasteiger partial charge in [-0.25, -0.2) is 0 Å². The molecule has 4 aromatic carbocycles. The number of ether oxygens (including phenoxy) is 6. The molecule has 6 nitrogen and oxygen atoms in total. The van der Waals surface area contributed by atoms with E-state index in [1.165, 1.54) is 0 Å². The van der Waals surface area contributed by atoms with Gasteiger partial charge in [-0.2, -0.15) is 0 Å². The highest BCUT2D eigenvalue weighted by Crippen LogP contribution is 2.39. The van der Waals surface area contributed by atoms with Gasteiger partial charge in [0.2, 0.25) is 0 Å². The predicted octanol–water partition coefficient (Wildman–Crippen LogP) is 6.08. The first-order valence-electron chi connectivity index (χ1n) is 14.2. The van der Waals surface area contributed by atoms with Gasteiger partial charge in [0.1, 0.15) is 30.5 Å². The van der Waals surface area contributed by atoms with Crippen molar-refractivity contribution in [3.05, 3.63) is 144 Å². The Bertz CT molecular complexity index is 1300. The smallest absolute Gasteiger partial charge is 0.187 e. The molecule has 0 spiro atoms. The Morgan fingerprint density at radius 1 is 0.439 bits per heavy atom. The van der Waals surface area contributed by atoms with Gasteiger partial charge < -0.3 is 28.4 Å². The molecule has 2 fully saturated rings. The Kier molecular flexibility index (Phi) is 9.50. The molecule has 2 aliphatic heterocycles. The Morgan fingerprint density at radius 2 is 0.854 bits per heavy atom. The number of hydrogen-bond donors (Lipinski definition) is 0. The van der Waals surface area contributed by atoms with Gasteiger partial charge in [-0.15, -0.1) is 0 Å². The van der Waals surface area contributed by atoms with Crippen molar-refractivity contribution in [1.29, 1.82) is 0 Å². The maximum absolute atomic E-state index is 6.68. The predicted molar refractivity (Wildman–Crippen MR) is 155 cm³/mol. The molecule has 4 aromatic rings. The number of hydrogen-bond acceptors (Lipinski definition) is 6. The molecule has 0 bridgehead atoms. The Labute approximate surface area is 241 Å². The van der Waals surface area contributed by atoms with Crippen molar-refractivity contribution in [3.8, 4) is 0 Å².